The number of hydrogen-bond acceptors (Lipinski definition) is 2. The SMILES string of the molecule is CCCCOc1ccc(CNC2CC2)cc1Br. The highest BCUT2D eigenvalue weighted by Crippen LogP contribution is 2.27. The molecule has 2 nitrogen and oxygen atoms in total. The van der Waals surface area contributed by atoms with Gasteiger partial charge in [0.2, 0.25) is 0 Å². The Morgan fingerprint density at radius 1 is 1.41 bits per heavy atom. The predicted molar refractivity (Wildman–Crippen MR) is 74.4 cm³/mol. The van der Waals surface area contributed by atoms with E-state index in [4.69, 9.17) is 4.74 Å². The van der Waals surface area contributed by atoms with Gasteiger partial charge >= 0.3 is 0 Å². The Morgan fingerprint density at radius 2 is 2.24 bits per heavy atom. The zero-order valence-corrected chi connectivity index (χ0v) is 11.9. The lowest BCUT2D eigenvalue weighted by molar-refractivity contribution is 0.307. The average molecular weight is 298 g/mol. The molecule has 94 valence electrons. The standard InChI is InChI=1S/C14H20BrNO/c1-2-3-8-17-14-7-4-11(9-13(14)15)10-16-12-5-6-12/h4,7,9,12,16H,2-3,5-6,8,10H2,1H3. The summed E-state index contributed by atoms with van der Waals surface area (Å²) in [6.07, 6.45) is 4.94. The minimum absolute atomic E-state index is 0.759. The normalized spacial score (nSPS) is 14.9. The van der Waals surface area contributed by atoms with E-state index in [9.17, 15) is 0 Å². The summed E-state index contributed by atoms with van der Waals surface area (Å²) in [5.41, 5.74) is 1.31. The number of halogens is 1. The Kier molecular flexibility index (Phi) is 4.86. The third-order valence-electron chi connectivity index (χ3n) is 2.92. The summed E-state index contributed by atoms with van der Waals surface area (Å²) in [6.45, 7) is 3.93. The topological polar surface area (TPSA) is 21.3 Å². The summed E-state index contributed by atoms with van der Waals surface area (Å²) >= 11 is 3.57. The number of hydrogen-bond donors (Lipinski definition) is 1. The van der Waals surface area contributed by atoms with Crippen LogP contribution in [0.5, 0.6) is 5.75 Å². The van der Waals surface area contributed by atoms with Crippen molar-refractivity contribution in [3.05, 3.63) is 28.2 Å². The first-order chi connectivity index (χ1) is 8.29. The largest absolute Gasteiger partial charge is 0.492 e. The van der Waals surface area contributed by atoms with Crippen LogP contribution in [0.4, 0.5) is 0 Å². The molecule has 2 rings (SSSR count). The van der Waals surface area contributed by atoms with Gasteiger partial charge in [-0.2, -0.15) is 0 Å². The van der Waals surface area contributed by atoms with E-state index in [0.29, 0.717) is 0 Å². The molecule has 0 radical (unpaired) electrons. The van der Waals surface area contributed by atoms with E-state index in [1.807, 2.05) is 0 Å². The Bertz CT molecular complexity index is 363. The third-order valence-corrected chi connectivity index (χ3v) is 3.54. The van der Waals surface area contributed by atoms with Gasteiger partial charge in [0.25, 0.3) is 0 Å². The van der Waals surface area contributed by atoms with Crippen molar-refractivity contribution in [3.8, 4) is 5.75 Å². The van der Waals surface area contributed by atoms with E-state index in [-0.39, 0.29) is 0 Å². The van der Waals surface area contributed by atoms with Gasteiger partial charge in [-0.25, -0.2) is 0 Å². The molecule has 1 N–H and O–H groups in total. The fourth-order valence-corrected chi connectivity index (χ4v) is 2.19. The second-order valence-electron chi connectivity index (χ2n) is 4.62. The zero-order valence-electron chi connectivity index (χ0n) is 10.3. The highest BCUT2D eigenvalue weighted by Gasteiger charge is 2.19. The predicted octanol–water partition coefficient (Wildman–Crippen LogP) is 3.88. The average Bonchev–Trinajstić information content (AvgIpc) is 3.13. The summed E-state index contributed by atoms with van der Waals surface area (Å²) in [4.78, 5) is 0. The van der Waals surface area contributed by atoms with Crippen molar-refractivity contribution in [2.75, 3.05) is 6.61 Å². The van der Waals surface area contributed by atoms with E-state index in [2.05, 4.69) is 46.4 Å². The van der Waals surface area contributed by atoms with Crippen molar-refractivity contribution in [2.45, 2.75) is 45.2 Å². The van der Waals surface area contributed by atoms with Crippen LogP contribution >= 0.6 is 15.9 Å². The maximum Gasteiger partial charge on any atom is 0.133 e. The molecular formula is C14H20BrNO. The first-order valence-corrected chi connectivity index (χ1v) is 7.23. The van der Waals surface area contributed by atoms with Gasteiger partial charge in [-0.1, -0.05) is 19.4 Å². The Morgan fingerprint density at radius 3 is 2.88 bits per heavy atom. The zero-order chi connectivity index (χ0) is 12.1. The lowest BCUT2D eigenvalue weighted by Crippen LogP contribution is -2.15. The fourth-order valence-electron chi connectivity index (χ4n) is 1.65. The second-order valence-corrected chi connectivity index (χ2v) is 5.48. The van der Waals surface area contributed by atoms with Gasteiger partial charge in [-0.05, 0) is 52.9 Å². The molecule has 0 bridgehead atoms. The lowest BCUT2D eigenvalue weighted by Gasteiger charge is -2.09. The molecule has 1 aliphatic rings. The fraction of sp³-hybridized carbons (Fsp3) is 0.571. The lowest BCUT2D eigenvalue weighted by atomic mass is 10.2. The van der Waals surface area contributed by atoms with Crippen LogP contribution in [0.3, 0.4) is 0 Å². The minimum Gasteiger partial charge on any atom is -0.492 e. The molecule has 0 amide bonds. The van der Waals surface area contributed by atoms with Crippen LogP contribution in [0.1, 0.15) is 38.2 Å². The van der Waals surface area contributed by atoms with Crippen molar-refractivity contribution in [3.63, 3.8) is 0 Å². The minimum atomic E-state index is 0.759. The molecule has 0 saturated heterocycles. The summed E-state index contributed by atoms with van der Waals surface area (Å²) in [5.74, 6) is 0.952. The molecule has 1 saturated carbocycles. The first kappa shape index (κ1) is 12.9. The van der Waals surface area contributed by atoms with Gasteiger partial charge in [0.05, 0.1) is 11.1 Å². The molecule has 3 heteroatoms. The molecule has 1 aliphatic carbocycles. The molecule has 0 atom stereocenters. The van der Waals surface area contributed by atoms with E-state index in [1.165, 1.54) is 24.8 Å². The van der Waals surface area contributed by atoms with Crippen molar-refractivity contribution in [1.82, 2.24) is 5.32 Å². The quantitative estimate of drug-likeness (QED) is 0.771. The van der Waals surface area contributed by atoms with Gasteiger partial charge in [-0.15, -0.1) is 0 Å². The van der Waals surface area contributed by atoms with Gasteiger partial charge in [0, 0.05) is 12.6 Å². The summed E-state index contributed by atoms with van der Waals surface area (Å²) in [7, 11) is 0. The molecule has 0 aliphatic heterocycles. The monoisotopic (exact) mass is 297 g/mol. The molecule has 1 aromatic rings. The number of rotatable bonds is 7. The maximum absolute atomic E-state index is 5.70. The van der Waals surface area contributed by atoms with E-state index < -0.39 is 0 Å². The number of nitrogens with one attached hydrogen (secondary N) is 1. The van der Waals surface area contributed by atoms with Crippen molar-refractivity contribution in [1.29, 1.82) is 0 Å². The van der Waals surface area contributed by atoms with E-state index in [1.54, 1.807) is 0 Å². The molecule has 0 aromatic heterocycles. The second kappa shape index (κ2) is 6.41. The van der Waals surface area contributed by atoms with E-state index >= 15 is 0 Å². The van der Waals surface area contributed by atoms with Gasteiger partial charge in [-0.3, -0.25) is 0 Å². The van der Waals surface area contributed by atoms with Gasteiger partial charge in [0.15, 0.2) is 0 Å². The number of benzene rings is 1. The van der Waals surface area contributed by atoms with Crippen molar-refractivity contribution < 1.29 is 4.74 Å². The molecule has 1 aromatic carbocycles. The highest BCUT2D eigenvalue weighted by molar-refractivity contribution is 9.10. The summed E-state index contributed by atoms with van der Waals surface area (Å²) < 4.78 is 6.76. The first-order valence-electron chi connectivity index (χ1n) is 6.44. The molecule has 17 heavy (non-hydrogen) atoms. The number of unbranched alkanes of at least 4 members (excludes halogenated alkanes) is 1. The van der Waals surface area contributed by atoms with Crippen LogP contribution in [-0.4, -0.2) is 12.6 Å². The van der Waals surface area contributed by atoms with Crippen molar-refractivity contribution in [2.24, 2.45) is 0 Å². The van der Waals surface area contributed by atoms with Crippen LogP contribution in [0.25, 0.3) is 0 Å². The number of ether oxygens (including phenoxy) is 1. The van der Waals surface area contributed by atoms with Crippen molar-refractivity contribution >= 4 is 15.9 Å². The Balaban J connectivity index is 1.85. The maximum atomic E-state index is 5.70. The molecular weight excluding hydrogens is 278 g/mol. The Labute approximate surface area is 112 Å². The van der Waals surface area contributed by atoms with Crippen LogP contribution < -0.4 is 10.1 Å². The molecule has 0 heterocycles. The van der Waals surface area contributed by atoms with Crippen LogP contribution in [-0.2, 0) is 6.54 Å². The van der Waals surface area contributed by atoms with Crippen LogP contribution in [0, 0.1) is 0 Å². The highest BCUT2D eigenvalue weighted by atomic mass is 79.9. The van der Waals surface area contributed by atoms with Gasteiger partial charge in [0.1, 0.15) is 5.75 Å². The van der Waals surface area contributed by atoms with Crippen LogP contribution in [0.2, 0.25) is 0 Å². The summed E-state index contributed by atoms with van der Waals surface area (Å²) in [6, 6.07) is 7.11. The van der Waals surface area contributed by atoms with E-state index in [0.717, 1.165) is 35.8 Å². The molecule has 0 unspecified atom stereocenters. The third kappa shape index (κ3) is 4.32. The molecule has 0 spiro atoms. The summed E-state index contributed by atoms with van der Waals surface area (Å²) in [5, 5.41) is 3.51. The molecule has 1 fully saturated rings. The van der Waals surface area contributed by atoms with Crippen LogP contribution in [0.15, 0.2) is 22.7 Å². The van der Waals surface area contributed by atoms with Gasteiger partial charge < -0.3 is 10.1 Å². The smallest absolute Gasteiger partial charge is 0.133 e. The Hall–Kier alpha value is -0.540.